The Balaban J connectivity index is 1.84. The van der Waals surface area contributed by atoms with Gasteiger partial charge in [0.15, 0.2) is 0 Å². The molecule has 162 valence electrons. The first kappa shape index (κ1) is 21.1. The van der Waals surface area contributed by atoms with E-state index in [1.54, 1.807) is 36.4 Å². The van der Waals surface area contributed by atoms with Crippen LogP contribution in [0.5, 0.6) is 5.75 Å². The van der Waals surface area contributed by atoms with Crippen molar-refractivity contribution in [2.45, 2.75) is 25.5 Å². The normalized spacial score (nSPS) is 22.2. The number of amides is 1. The minimum atomic E-state index is -0.996. The first-order valence-corrected chi connectivity index (χ1v) is 10.3. The summed E-state index contributed by atoms with van der Waals surface area (Å²) in [6.45, 7) is 2.67. The van der Waals surface area contributed by atoms with E-state index >= 15 is 0 Å². The molecule has 6 nitrogen and oxygen atoms in total. The Morgan fingerprint density at radius 2 is 1.97 bits per heavy atom. The van der Waals surface area contributed by atoms with Gasteiger partial charge < -0.3 is 19.6 Å². The Labute approximate surface area is 180 Å². The van der Waals surface area contributed by atoms with Gasteiger partial charge in [0.2, 0.25) is 0 Å². The van der Waals surface area contributed by atoms with Gasteiger partial charge in [-0.15, -0.1) is 0 Å². The SMILES string of the molecule is C[C@@H]1Cc2cc(C(O)=C3C(=O)C(=O)N(CCN(C)C)[C@@H]3c3ccccc3F)ccc2O1. The second kappa shape index (κ2) is 8.15. The molecule has 4 rings (SSSR count). The van der Waals surface area contributed by atoms with E-state index in [2.05, 4.69) is 0 Å². The predicted octanol–water partition coefficient (Wildman–Crippen LogP) is 3.13. The van der Waals surface area contributed by atoms with Crippen molar-refractivity contribution >= 4 is 17.4 Å². The molecule has 31 heavy (non-hydrogen) atoms. The number of hydrogen-bond donors (Lipinski definition) is 1. The summed E-state index contributed by atoms with van der Waals surface area (Å²) in [6.07, 6.45) is 0.715. The van der Waals surface area contributed by atoms with Crippen LogP contribution >= 0.6 is 0 Å². The molecule has 2 aromatic carbocycles. The number of halogens is 1. The Kier molecular flexibility index (Phi) is 5.54. The second-order valence-corrected chi connectivity index (χ2v) is 8.27. The highest BCUT2D eigenvalue weighted by Gasteiger charge is 2.46. The largest absolute Gasteiger partial charge is 0.507 e. The molecular weight excluding hydrogens is 399 g/mol. The lowest BCUT2D eigenvalue weighted by atomic mass is 9.94. The fourth-order valence-corrected chi connectivity index (χ4v) is 4.16. The van der Waals surface area contributed by atoms with Gasteiger partial charge in [-0.2, -0.15) is 0 Å². The number of rotatable bonds is 5. The summed E-state index contributed by atoms with van der Waals surface area (Å²) in [7, 11) is 3.70. The number of likely N-dealkylation sites (tertiary alicyclic amines) is 1. The van der Waals surface area contributed by atoms with Crippen LogP contribution in [0.25, 0.3) is 5.76 Å². The van der Waals surface area contributed by atoms with E-state index in [1.807, 2.05) is 25.9 Å². The predicted molar refractivity (Wildman–Crippen MR) is 114 cm³/mol. The van der Waals surface area contributed by atoms with Crippen molar-refractivity contribution in [1.82, 2.24) is 9.80 Å². The number of Topliss-reactive ketones (excluding diaryl/α,β-unsaturated/α-hetero) is 1. The van der Waals surface area contributed by atoms with Gasteiger partial charge in [0.1, 0.15) is 23.4 Å². The standard InChI is InChI=1S/C24H25FN2O4/c1-14-12-16-13-15(8-9-19(16)31-14)22(28)20-21(17-6-4-5-7-18(17)25)27(11-10-26(2)3)24(30)23(20)29/h4-9,13-14,21,28H,10-12H2,1-3H3/t14-,21-/m1/s1. The molecule has 2 atom stereocenters. The first-order valence-electron chi connectivity index (χ1n) is 10.3. The highest BCUT2D eigenvalue weighted by atomic mass is 19.1. The van der Waals surface area contributed by atoms with Crippen molar-refractivity contribution in [3.05, 3.63) is 70.5 Å². The number of carbonyl (C=O) groups is 2. The average Bonchev–Trinajstić information content (AvgIpc) is 3.22. The monoisotopic (exact) mass is 424 g/mol. The van der Waals surface area contributed by atoms with Crippen molar-refractivity contribution in [2.24, 2.45) is 0 Å². The van der Waals surface area contributed by atoms with E-state index in [0.29, 0.717) is 18.5 Å². The number of ether oxygens (including phenoxy) is 1. The van der Waals surface area contributed by atoms with Crippen LogP contribution in [0, 0.1) is 5.82 Å². The molecule has 0 aromatic heterocycles. The Bertz CT molecular complexity index is 1080. The van der Waals surface area contributed by atoms with E-state index in [-0.39, 0.29) is 29.5 Å². The zero-order chi connectivity index (χ0) is 22.3. The molecule has 2 aromatic rings. The van der Waals surface area contributed by atoms with Crippen LogP contribution in [0.3, 0.4) is 0 Å². The number of benzene rings is 2. The molecule has 0 saturated carbocycles. The molecule has 1 amide bonds. The van der Waals surface area contributed by atoms with Crippen LogP contribution in [0.1, 0.15) is 29.7 Å². The summed E-state index contributed by atoms with van der Waals surface area (Å²) in [4.78, 5) is 29.1. The van der Waals surface area contributed by atoms with Gasteiger partial charge >= 0.3 is 0 Å². The lowest BCUT2D eigenvalue weighted by Gasteiger charge is -2.26. The smallest absolute Gasteiger partial charge is 0.295 e. The third kappa shape index (κ3) is 3.81. The van der Waals surface area contributed by atoms with E-state index in [0.717, 1.165) is 11.3 Å². The average molecular weight is 424 g/mol. The fourth-order valence-electron chi connectivity index (χ4n) is 4.16. The van der Waals surface area contributed by atoms with Gasteiger partial charge in [-0.3, -0.25) is 9.59 Å². The Morgan fingerprint density at radius 1 is 1.23 bits per heavy atom. The molecule has 2 aliphatic rings. The number of hydrogen-bond acceptors (Lipinski definition) is 5. The van der Waals surface area contributed by atoms with E-state index in [1.165, 1.54) is 11.0 Å². The number of carbonyl (C=O) groups excluding carboxylic acids is 2. The lowest BCUT2D eigenvalue weighted by Crippen LogP contribution is -2.35. The molecule has 2 heterocycles. The molecule has 0 unspecified atom stereocenters. The minimum absolute atomic E-state index is 0.0300. The Hall–Kier alpha value is -3.19. The summed E-state index contributed by atoms with van der Waals surface area (Å²) in [5, 5.41) is 11.1. The van der Waals surface area contributed by atoms with Gasteiger partial charge in [0.05, 0.1) is 11.6 Å². The molecule has 0 aliphatic carbocycles. The van der Waals surface area contributed by atoms with E-state index in [9.17, 15) is 19.1 Å². The van der Waals surface area contributed by atoms with Gasteiger partial charge in [-0.25, -0.2) is 4.39 Å². The quantitative estimate of drug-likeness (QED) is 0.454. The van der Waals surface area contributed by atoms with Gasteiger partial charge in [0.25, 0.3) is 11.7 Å². The number of ketones is 1. The third-order valence-electron chi connectivity index (χ3n) is 5.70. The number of aliphatic hydroxyl groups is 1. The fraction of sp³-hybridized carbons (Fsp3) is 0.333. The number of aliphatic hydroxyl groups excluding tert-OH is 1. The maximum Gasteiger partial charge on any atom is 0.295 e. The van der Waals surface area contributed by atoms with Gasteiger partial charge in [0, 0.05) is 30.6 Å². The van der Waals surface area contributed by atoms with Crippen molar-refractivity contribution in [1.29, 1.82) is 0 Å². The second-order valence-electron chi connectivity index (χ2n) is 8.27. The lowest BCUT2D eigenvalue weighted by molar-refractivity contribution is -0.140. The van der Waals surface area contributed by atoms with Crippen LogP contribution in [-0.2, 0) is 16.0 Å². The number of likely N-dealkylation sites (N-methyl/N-ethyl adjacent to an activating group) is 1. The van der Waals surface area contributed by atoms with Gasteiger partial charge in [-0.1, -0.05) is 18.2 Å². The maximum atomic E-state index is 14.7. The molecule has 0 radical (unpaired) electrons. The van der Waals surface area contributed by atoms with E-state index < -0.39 is 23.5 Å². The van der Waals surface area contributed by atoms with E-state index in [4.69, 9.17) is 4.74 Å². The number of fused-ring (bicyclic) bond motifs is 1. The molecule has 0 spiro atoms. The summed E-state index contributed by atoms with van der Waals surface area (Å²) in [5.41, 5.74) is 1.41. The molecular formula is C24H25FN2O4. The molecule has 1 fully saturated rings. The van der Waals surface area contributed by atoms with Crippen LogP contribution < -0.4 is 4.74 Å². The van der Waals surface area contributed by atoms with Crippen molar-refractivity contribution in [3.63, 3.8) is 0 Å². The summed E-state index contributed by atoms with van der Waals surface area (Å²) >= 11 is 0. The molecule has 2 aliphatic heterocycles. The zero-order valence-corrected chi connectivity index (χ0v) is 17.8. The Morgan fingerprint density at radius 3 is 2.68 bits per heavy atom. The minimum Gasteiger partial charge on any atom is -0.507 e. The molecule has 1 N–H and O–H groups in total. The summed E-state index contributed by atoms with van der Waals surface area (Å²) < 4.78 is 20.5. The topological polar surface area (TPSA) is 70.1 Å². The summed E-state index contributed by atoms with van der Waals surface area (Å²) in [6, 6.07) is 10.2. The van der Waals surface area contributed by atoms with Crippen LogP contribution in [0.2, 0.25) is 0 Å². The summed E-state index contributed by atoms with van der Waals surface area (Å²) in [5.74, 6) is -1.65. The van der Waals surface area contributed by atoms with Crippen molar-refractivity contribution < 1.29 is 23.8 Å². The first-order chi connectivity index (χ1) is 14.8. The van der Waals surface area contributed by atoms with Gasteiger partial charge in [-0.05, 0) is 50.8 Å². The molecule has 1 saturated heterocycles. The van der Waals surface area contributed by atoms with Crippen molar-refractivity contribution in [2.75, 3.05) is 27.2 Å². The molecule has 0 bridgehead atoms. The number of nitrogens with zero attached hydrogens (tertiary/aromatic N) is 2. The van der Waals surface area contributed by atoms with Crippen LogP contribution in [0.4, 0.5) is 4.39 Å². The van der Waals surface area contributed by atoms with Crippen molar-refractivity contribution in [3.8, 4) is 5.75 Å². The third-order valence-corrected chi connectivity index (χ3v) is 5.70. The highest BCUT2D eigenvalue weighted by molar-refractivity contribution is 6.46. The van der Waals surface area contributed by atoms with Crippen LogP contribution in [-0.4, -0.2) is 59.9 Å². The highest BCUT2D eigenvalue weighted by Crippen LogP contribution is 2.41. The maximum absolute atomic E-state index is 14.7. The van der Waals surface area contributed by atoms with Crippen LogP contribution in [0.15, 0.2) is 48.0 Å². The molecule has 7 heteroatoms. The zero-order valence-electron chi connectivity index (χ0n) is 17.8.